The quantitative estimate of drug-likeness (QED) is 0.619. The second kappa shape index (κ2) is 9.34. The molecule has 18 heavy (non-hydrogen) atoms. The third kappa shape index (κ3) is 6.97. The van der Waals surface area contributed by atoms with Gasteiger partial charge in [0.2, 0.25) is 5.91 Å². The Morgan fingerprint density at radius 2 is 2.28 bits per heavy atom. The molecule has 0 saturated carbocycles. The number of ether oxygens (including phenoxy) is 1. The summed E-state index contributed by atoms with van der Waals surface area (Å²) in [6.07, 6.45) is 6.76. The summed E-state index contributed by atoms with van der Waals surface area (Å²) in [5.41, 5.74) is 0. The SMILES string of the molecule is CCC(C)NC(=O)CCNCCCC1CCCO1. The molecule has 0 aromatic rings. The highest BCUT2D eigenvalue weighted by atomic mass is 16.5. The van der Waals surface area contributed by atoms with E-state index in [4.69, 9.17) is 4.74 Å². The summed E-state index contributed by atoms with van der Waals surface area (Å²) in [6, 6.07) is 0.289. The molecule has 1 saturated heterocycles. The van der Waals surface area contributed by atoms with Crippen LogP contribution in [0.2, 0.25) is 0 Å². The average Bonchev–Trinajstić information content (AvgIpc) is 2.86. The molecule has 2 N–H and O–H groups in total. The molecule has 4 nitrogen and oxygen atoms in total. The van der Waals surface area contributed by atoms with Crippen LogP contribution in [0.4, 0.5) is 0 Å². The number of carbonyl (C=O) groups is 1. The largest absolute Gasteiger partial charge is 0.378 e. The van der Waals surface area contributed by atoms with E-state index in [2.05, 4.69) is 17.6 Å². The summed E-state index contributed by atoms with van der Waals surface area (Å²) < 4.78 is 5.56. The fourth-order valence-electron chi connectivity index (χ4n) is 2.10. The lowest BCUT2D eigenvalue weighted by atomic mass is 10.1. The van der Waals surface area contributed by atoms with E-state index < -0.39 is 0 Å². The number of nitrogens with one attached hydrogen (secondary N) is 2. The van der Waals surface area contributed by atoms with E-state index in [1.54, 1.807) is 0 Å². The van der Waals surface area contributed by atoms with Gasteiger partial charge in [-0.15, -0.1) is 0 Å². The van der Waals surface area contributed by atoms with Crippen molar-refractivity contribution in [2.45, 2.75) is 64.5 Å². The zero-order valence-electron chi connectivity index (χ0n) is 11.8. The van der Waals surface area contributed by atoms with Crippen LogP contribution in [0, 0.1) is 0 Å². The fraction of sp³-hybridized carbons (Fsp3) is 0.929. The van der Waals surface area contributed by atoms with Gasteiger partial charge >= 0.3 is 0 Å². The number of hydrogen-bond donors (Lipinski definition) is 2. The van der Waals surface area contributed by atoms with Gasteiger partial charge in [-0.25, -0.2) is 0 Å². The smallest absolute Gasteiger partial charge is 0.221 e. The first-order valence-corrected chi connectivity index (χ1v) is 7.34. The minimum Gasteiger partial charge on any atom is -0.378 e. The summed E-state index contributed by atoms with van der Waals surface area (Å²) in [7, 11) is 0. The monoisotopic (exact) mass is 256 g/mol. The van der Waals surface area contributed by atoms with Crippen molar-refractivity contribution >= 4 is 5.91 Å². The highest BCUT2D eigenvalue weighted by Crippen LogP contribution is 2.16. The van der Waals surface area contributed by atoms with Crippen molar-refractivity contribution in [3.8, 4) is 0 Å². The molecule has 1 aliphatic rings. The van der Waals surface area contributed by atoms with Crippen LogP contribution < -0.4 is 10.6 Å². The molecule has 4 heteroatoms. The van der Waals surface area contributed by atoms with E-state index in [9.17, 15) is 4.79 Å². The molecule has 1 aliphatic heterocycles. The van der Waals surface area contributed by atoms with Gasteiger partial charge in [-0.05, 0) is 45.6 Å². The van der Waals surface area contributed by atoms with Crippen molar-refractivity contribution in [2.24, 2.45) is 0 Å². The number of amides is 1. The molecule has 1 heterocycles. The molecule has 0 spiro atoms. The van der Waals surface area contributed by atoms with Crippen molar-refractivity contribution in [3.05, 3.63) is 0 Å². The second-order valence-corrected chi connectivity index (χ2v) is 5.15. The van der Waals surface area contributed by atoms with Gasteiger partial charge in [-0.3, -0.25) is 4.79 Å². The molecule has 2 atom stereocenters. The minimum absolute atomic E-state index is 0.149. The van der Waals surface area contributed by atoms with Gasteiger partial charge in [0, 0.05) is 25.6 Å². The Kier molecular flexibility index (Phi) is 8.01. The van der Waals surface area contributed by atoms with E-state index >= 15 is 0 Å². The van der Waals surface area contributed by atoms with Crippen LogP contribution in [0.5, 0.6) is 0 Å². The van der Waals surface area contributed by atoms with Gasteiger partial charge in [-0.2, -0.15) is 0 Å². The van der Waals surface area contributed by atoms with Crippen LogP contribution >= 0.6 is 0 Å². The highest BCUT2D eigenvalue weighted by molar-refractivity contribution is 5.76. The van der Waals surface area contributed by atoms with Gasteiger partial charge in [0.15, 0.2) is 0 Å². The minimum atomic E-state index is 0.149. The molecule has 0 aliphatic carbocycles. The number of hydrogen-bond acceptors (Lipinski definition) is 3. The Balaban J connectivity index is 1.87. The summed E-state index contributed by atoms with van der Waals surface area (Å²) >= 11 is 0. The molecule has 0 bridgehead atoms. The first kappa shape index (κ1) is 15.4. The maximum atomic E-state index is 11.5. The number of rotatable bonds is 9. The van der Waals surface area contributed by atoms with Crippen LogP contribution in [-0.2, 0) is 9.53 Å². The Bertz CT molecular complexity index is 228. The maximum Gasteiger partial charge on any atom is 0.221 e. The van der Waals surface area contributed by atoms with Crippen LogP contribution in [0.3, 0.4) is 0 Å². The van der Waals surface area contributed by atoms with Gasteiger partial charge in [0.1, 0.15) is 0 Å². The van der Waals surface area contributed by atoms with Gasteiger partial charge in [0.25, 0.3) is 0 Å². The van der Waals surface area contributed by atoms with Gasteiger partial charge in [0.05, 0.1) is 6.10 Å². The molecule has 0 radical (unpaired) electrons. The predicted molar refractivity (Wildman–Crippen MR) is 73.6 cm³/mol. The summed E-state index contributed by atoms with van der Waals surface area (Å²) in [4.78, 5) is 11.5. The van der Waals surface area contributed by atoms with Crippen LogP contribution in [0.15, 0.2) is 0 Å². The van der Waals surface area contributed by atoms with Gasteiger partial charge in [-0.1, -0.05) is 6.92 Å². The molecule has 1 fully saturated rings. The third-order valence-electron chi connectivity index (χ3n) is 3.45. The zero-order valence-corrected chi connectivity index (χ0v) is 11.8. The van der Waals surface area contributed by atoms with Crippen molar-refractivity contribution in [3.63, 3.8) is 0 Å². The van der Waals surface area contributed by atoms with Crippen LogP contribution in [0.1, 0.15) is 52.4 Å². The van der Waals surface area contributed by atoms with Crippen LogP contribution in [0.25, 0.3) is 0 Å². The predicted octanol–water partition coefficient (Wildman–Crippen LogP) is 1.84. The Morgan fingerprint density at radius 1 is 1.44 bits per heavy atom. The molecule has 0 aromatic carbocycles. The number of carbonyl (C=O) groups excluding carboxylic acids is 1. The van der Waals surface area contributed by atoms with E-state index in [0.29, 0.717) is 12.5 Å². The topological polar surface area (TPSA) is 50.4 Å². The lowest BCUT2D eigenvalue weighted by Crippen LogP contribution is -2.34. The molecule has 0 aromatic heterocycles. The first-order valence-electron chi connectivity index (χ1n) is 7.34. The molecular weight excluding hydrogens is 228 g/mol. The molecule has 2 unspecified atom stereocenters. The Hall–Kier alpha value is -0.610. The van der Waals surface area contributed by atoms with Crippen LogP contribution in [-0.4, -0.2) is 37.7 Å². The zero-order chi connectivity index (χ0) is 13.2. The third-order valence-corrected chi connectivity index (χ3v) is 3.45. The second-order valence-electron chi connectivity index (χ2n) is 5.15. The Labute approximate surface area is 111 Å². The van der Waals surface area contributed by atoms with E-state index in [-0.39, 0.29) is 11.9 Å². The molecule has 1 amide bonds. The standard InChI is InChI=1S/C14H28N2O2/c1-3-12(2)16-14(17)8-10-15-9-4-6-13-7-5-11-18-13/h12-13,15H,3-11H2,1-2H3,(H,16,17). The first-order chi connectivity index (χ1) is 8.72. The van der Waals surface area contributed by atoms with E-state index in [0.717, 1.165) is 39.0 Å². The molecule has 106 valence electrons. The fourth-order valence-corrected chi connectivity index (χ4v) is 2.10. The average molecular weight is 256 g/mol. The van der Waals surface area contributed by atoms with E-state index in [1.807, 2.05) is 6.92 Å². The van der Waals surface area contributed by atoms with Crippen molar-refractivity contribution in [1.82, 2.24) is 10.6 Å². The maximum absolute atomic E-state index is 11.5. The molecule has 1 rings (SSSR count). The van der Waals surface area contributed by atoms with Crippen molar-refractivity contribution in [1.29, 1.82) is 0 Å². The van der Waals surface area contributed by atoms with Gasteiger partial charge < -0.3 is 15.4 Å². The highest BCUT2D eigenvalue weighted by Gasteiger charge is 2.14. The Morgan fingerprint density at radius 3 is 2.94 bits per heavy atom. The lowest BCUT2D eigenvalue weighted by Gasteiger charge is -2.12. The van der Waals surface area contributed by atoms with E-state index in [1.165, 1.54) is 12.8 Å². The summed E-state index contributed by atoms with van der Waals surface area (Å²) in [6.45, 7) is 6.80. The van der Waals surface area contributed by atoms with Crippen molar-refractivity contribution < 1.29 is 9.53 Å². The summed E-state index contributed by atoms with van der Waals surface area (Å²) in [5, 5.41) is 6.28. The molecular formula is C14H28N2O2. The normalized spacial score (nSPS) is 20.9. The lowest BCUT2D eigenvalue weighted by molar-refractivity contribution is -0.121. The summed E-state index contributed by atoms with van der Waals surface area (Å²) in [5.74, 6) is 0.149. The van der Waals surface area contributed by atoms with Crippen molar-refractivity contribution in [2.75, 3.05) is 19.7 Å².